The van der Waals surface area contributed by atoms with E-state index in [-0.39, 0.29) is 22.7 Å². The molecule has 1 aliphatic rings. The second-order valence-corrected chi connectivity index (χ2v) is 12.1. The van der Waals surface area contributed by atoms with Crippen molar-refractivity contribution >= 4 is 16.2 Å². The van der Waals surface area contributed by atoms with Gasteiger partial charge in [0.1, 0.15) is 7.85 Å². The molecule has 1 fully saturated rings. The van der Waals surface area contributed by atoms with Gasteiger partial charge in [-0.3, -0.25) is 0 Å². The van der Waals surface area contributed by atoms with Crippen LogP contribution in [-0.4, -0.2) is 33.9 Å². The topological polar surface area (TPSA) is 18.5 Å². The first-order chi connectivity index (χ1) is 7.94. The zero-order valence-electron chi connectivity index (χ0n) is 13.3. The number of rotatable bonds is 3. The van der Waals surface area contributed by atoms with Crippen LogP contribution < -0.4 is 0 Å². The van der Waals surface area contributed by atoms with Crippen LogP contribution >= 0.6 is 0 Å². The maximum absolute atomic E-state index is 6.47. The molecule has 104 valence electrons. The van der Waals surface area contributed by atoms with Crippen molar-refractivity contribution in [3.05, 3.63) is 0 Å². The van der Waals surface area contributed by atoms with Crippen LogP contribution in [0.15, 0.2) is 0 Å². The number of ether oxygens (including phenoxy) is 1. The van der Waals surface area contributed by atoms with E-state index in [1.54, 1.807) is 0 Å². The van der Waals surface area contributed by atoms with Gasteiger partial charge in [-0.1, -0.05) is 34.6 Å². The third-order valence-corrected chi connectivity index (χ3v) is 9.60. The Labute approximate surface area is 115 Å². The molecule has 0 bridgehead atoms. The molecule has 0 N–H and O–H groups in total. The standard InChI is InChI=1S/C14H29BO2Si/c1-9-14(6)10(2)11(12(15)16-14)17-18(7,8)13(3,4)5/h10-12H,9H2,1-8H3/t10?,11-,12+,14+/m0/s1. The van der Waals surface area contributed by atoms with Crippen LogP contribution in [-0.2, 0) is 9.16 Å². The highest BCUT2D eigenvalue weighted by molar-refractivity contribution is 6.74. The van der Waals surface area contributed by atoms with Gasteiger partial charge in [0.15, 0.2) is 8.32 Å². The first-order valence-electron chi connectivity index (χ1n) is 7.06. The van der Waals surface area contributed by atoms with Crippen molar-refractivity contribution in [2.75, 3.05) is 0 Å². The van der Waals surface area contributed by atoms with Crippen molar-refractivity contribution in [3.63, 3.8) is 0 Å². The smallest absolute Gasteiger partial charge is 0.192 e. The Bertz CT molecular complexity index is 301. The summed E-state index contributed by atoms with van der Waals surface area (Å²) in [5.74, 6) is 0.339. The fourth-order valence-corrected chi connectivity index (χ4v) is 3.58. The lowest BCUT2D eigenvalue weighted by Gasteiger charge is -2.40. The minimum atomic E-state index is -1.79. The zero-order valence-corrected chi connectivity index (χ0v) is 14.3. The summed E-state index contributed by atoms with van der Waals surface area (Å²) >= 11 is 0. The van der Waals surface area contributed by atoms with Crippen LogP contribution in [0.5, 0.6) is 0 Å². The minimum absolute atomic E-state index is 0.0239. The van der Waals surface area contributed by atoms with Gasteiger partial charge in [0.05, 0.1) is 11.7 Å². The van der Waals surface area contributed by atoms with Gasteiger partial charge in [0, 0.05) is 11.9 Å². The molecule has 1 aliphatic heterocycles. The van der Waals surface area contributed by atoms with E-state index in [9.17, 15) is 0 Å². The van der Waals surface area contributed by atoms with Gasteiger partial charge >= 0.3 is 0 Å². The van der Waals surface area contributed by atoms with E-state index in [4.69, 9.17) is 17.0 Å². The molecular formula is C14H29BO2Si. The quantitative estimate of drug-likeness (QED) is 0.726. The zero-order chi connectivity index (χ0) is 14.4. The van der Waals surface area contributed by atoms with E-state index < -0.39 is 8.32 Å². The minimum Gasteiger partial charge on any atom is -0.412 e. The lowest BCUT2D eigenvalue weighted by atomic mass is 9.83. The summed E-state index contributed by atoms with van der Waals surface area (Å²) < 4.78 is 12.4. The molecular weight excluding hydrogens is 239 g/mol. The van der Waals surface area contributed by atoms with Gasteiger partial charge in [-0.25, -0.2) is 0 Å². The molecule has 0 amide bonds. The van der Waals surface area contributed by atoms with E-state index in [2.05, 4.69) is 54.6 Å². The van der Waals surface area contributed by atoms with Crippen LogP contribution in [0.2, 0.25) is 18.1 Å². The second-order valence-electron chi connectivity index (χ2n) is 7.38. The maximum Gasteiger partial charge on any atom is 0.192 e. The van der Waals surface area contributed by atoms with Gasteiger partial charge in [0.2, 0.25) is 0 Å². The highest BCUT2D eigenvalue weighted by Gasteiger charge is 2.50. The van der Waals surface area contributed by atoms with Crippen molar-refractivity contribution in [2.24, 2.45) is 5.92 Å². The monoisotopic (exact) mass is 268 g/mol. The van der Waals surface area contributed by atoms with Gasteiger partial charge in [0.25, 0.3) is 0 Å². The van der Waals surface area contributed by atoms with E-state index in [0.29, 0.717) is 5.92 Å². The van der Waals surface area contributed by atoms with Gasteiger partial charge in [-0.2, -0.15) is 0 Å². The Morgan fingerprint density at radius 1 is 1.33 bits per heavy atom. The molecule has 2 nitrogen and oxygen atoms in total. The SMILES string of the molecule is [B][C@@H]1O[C@](C)(CC)C(C)[C@@H]1O[Si](C)(C)C(C)(C)C. The van der Waals surface area contributed by atoms with Crippen molar-refractivity contribution in [1.82, 2.24) is 0 Å². The largest absolute Gasteiger partial charge is 0.412 e. The lowest BCUT2D eigenvalue weighted by Crippen LogP contribution is -2.48. The molecule has 4 atom stereocenters. The van der Waals surface area contributed by atoms with E-state index >= 15 is 0 Å². The molecule has 1 unspecified atom stereocenters. The molecule has 18 heavy (non-hydrogen) atoms. The summed E-state index contributed by atoms with van der Waals surface area (Å²) in [4.78, 5) is 0. The van der Waals surface area contributed by atoms with E-state index in [1.165, 1.54) is 0 Å². The molecule has 4 heteroatoms. The number of hydrogen-bond donors (Lipinski definition) is 0. The normalized spacial score (nSPS) is 38.1. The predicted molar refractivity (Wildman–Crippen MR) is 80.6 cm³/mol. The fourth-order valence-electron chi connectivity index (χ4n) is 2.21. The van der Waals surface area contributed by atoms with Crippen molar-refractivity contribution in [2.45, 2.75) is 83.8 Å². The average Bonchev–Trinajstić information content (AvgIpc) is 2.41. The van der Waals surface area contributed by atoms with Crippen LogP contribution in [0.4, 0.5) is 0 Å². The van der Waals surface area contributed by atoms with Crippen LogP contribution in [0, 0.1) is 5.92 Å². The van der Waals surface area contributed by atoms with Crippen LogP contribution in [0.3, 0.4) is 0 Å². The molecule has 2 radical (unpaired) electrons. The van der Waals surface area contributed by atoms with Crippen molar-refractivity contribution in [3.8, 4) is 0 Å². The molecule has 1 rings (SSSR count). The van der Waals surface area contributed by atoms with Crippen molar-refractivity contribution < 1.29 is 9.16 Å². The lowest BCUT2D eigenvalue weighted by molar-refractivity contribution is -0.0194. The molecule has 0 aromatic carbocycles. The summed E-state index contributed by atoms with van der Waals surface area (Å²) in [6.07, 6.45) is 0.995. The second kappa shape index (κ2) is 4.95. The molecule has 0 spiro atoms. The summed E-state index contributed by atoms with van der Waals surface area (Å²) in [6, 6.07) is -0.293. The summed E-state index contributed by atoms with van der Waals surface area (Å²) in [7, 11) is 4.36. The maximum atomic E-state index is 6.47. The Kier molecular flexibility index (Phi) is 4.47. The summed E-state index contributed by atoms with van der Waals surface area (Å²) in [6.45, 7) is 17.8. The highest BCUT2D eigenvalue weighted by atomic mass is 28.4. The van der Waals surface area contributed by atoms with E-state index in [1.807, 2.05) is 0 Å². The number of hydrogen-bond acceptors (Lipinski definition) is 2. The van der Waals surface area contributed by atoms with E-state index in [0.717, 1.165) is 6.42 Å². The van der Waals surface area contributed by atoms with Gasteiger partial charge < -0.3 is 9.16 Å². The molecule has 1 saturated heterocycles. The first kappa shape index (κ1) is 16.3. The van der Waals surface area contributed by atoms with Crippen molar-refractivity contribution in [1.29, 1.82) is 0 Å². The van der Waals surface area contributed by atoms with Gasteiger partial charge in [-0.15, -0.1) is 0 Å². The first-order valence-corrected chi connectivity index (χ1v) is 9.96. The Hall–Kier alpha value is 0.202. The summed E-state index contributed by atoms with van der Waals surface area (Å²) in [5, 5.41) is 0.206. The fraction of sp³-hybridized carbons (Fsp3) is 1.00. The molecule has 0 saturated carbocycles. The Morgan fingerprint density at radius 2 is 1.83 bits per heavy atom. The molecule has 1 heterocycles. The predicted octanol–water partition coefficient (Wildman–Crippen LogP) is 3.71. The van der Waals surface area contributed by atoms with Gasteiger partial charge in [-0.05, 0) is 31.5 Å². The highest BCUT2D eigenvalue weighted by Crippen LogP contribution is 2.44. The Morgan fingerprint density at radius 3 is 2.17 bits per heavy atom. The summed E-state index contributed by atoms with van der Waals surface area (Å²) in [5.41, 5.74) is -0.146. The van der Waals surface area contributed by atoms with Crippen LogP contribution in [0.1, 0.15) is 48.0 Å². The van der Waals surface area contributed by atoms with Crippen LogP contribution in [0.25, 0.3) is 0 Å². The third kappa shape index (κ3) is 2.86. The average molecular weight is 268 g/mol. The Balaban J connectivity index is 2.86. The molecule has 0 aromatic rings. The molecule has 0 aliphatic carbocycles. The third-order valence-electron chi connectivity index (χ3n) is 5.12. The molecule has 0 aromatic heterocycles.